The third kappa shape index (κ3) is 4.98. The van der Waals surface area contributed by atoms with Crippen molar-refractivity contribution < 1.29 is 36.2 Å². The van der Waals surface area contributed by atoms with E-state index >= 15 is 4.39 Å². The lowest BCUT2D eigenvalue weighted by molar-refractivity contribution is -0.137. The number of hydrogen-bond donors (Lipinski definition) is 2. The van der Waals surface area contributed by atoms with Crippen LogP contribution in [-0.2, 0) is 6.18 Å². The number of aromatic nitrogens is 2. The molecule has 0 amide bonds. The molecule has 8 nitrogen and oxygen atoms in total. The monoisotopic (exact) mass is 662 g/mol. The first-order valence-corrected chi connectivity index (χ1v) is 15.7. The van der Waals surface area contributed by atoms with Crippen LogP contribution in [0.25, 0.3) is 32.1 Å². The minimum Gasteiger partial charge on any atom is -0.461 e. The van der Waals surface area contributed by atoms with E-state index in [1.54, 1.807) is 4.90 Å². The molecule has 3 fully saturated rings. The number of benzene rings is 2. The summed E-state index contributed by atoms with van der Waals surface area (Å²) in [5.74, 6) is -2.24. The van der Waals surface area contributed by atoms with E-state index in [2.05, 4.69) is 9.97 Å². The molecule has 3 saturated heterocycles. The average Bonchev–Trinajstić information content (AvgIpc) is 3.65. The molecule has 0 spiro atoms. The summed E-state index contributed by atoms with van der Waals surface area (Å²) in [4.78, 5) is 12.3. The van der Waals surface area contributed by atoms with Crippen molar-refractivity contribution in [2.45, 2.75) is 56.1 Å². The van der Waals surface area contributed by atoms with E-state index in [9.17, 15) is 32.3 Å². The number of rotatable bonds is 5. The molecule has 4 aromatic rings. The van der Waals surface area contributed by atoms with Crippen LogP contribution in [0.1, 0.15) is 43.2 Å². The zero-order valence-corrected chi connectivity index (χ0v) is 25.1. The number of ether oxygens (including phenoxy) is 1. The molecule has 0 bridgehead atoms. The van der Waals surface area contributed by atoms with E-state index in [-0.39, 0.29) is 69.5 Å². The van der Waals surface area contributed by atoms with Crippen molar-refractivity contribution in [1.82, 2.24) is 14.9 Å². The number of aliphatic hydroxyl groups is 1. The van der Waals surface area contributed by atoms with Gasteiger partial charge in [-0.25, -0.2) is 13.2 Å². The molecule has 3 aliphatic heterocycles. The lowest BCUT2D eigenvalue weighted by atomic mass is 9.92. The average molecular weight is 663 g/mol. The van der Waals surface area contributed by atoms with E-state index in [0.717, 1.165) is 24.6 Å². The summed E-state index contributed by atoms with van der Waals surface area (Å²) in [5.41, 5.74) is 1.89. The third-order valence-corrected chi connectivity index (χ3v) is 10.3. The number of nitrogen functional groups attached to an aromatic ring is 1. The topological polar surface area (TPSA) is 112 Å². The molecule has 15 heteroatoms. The summed E-state index contributed by atoms with van der Waals surface area (Å²) >= 11 is 0.681. The fraction of sp³-hybridized carbons (Fsp3) is 0.452. The van der Waals surface area contributed by atoms with Crippen molar-refractivity contribution in [3.63, 3.8) is 0 Å². The lowest BCUT2D eigenvalue weighted by Gasteiger charge is -2.33. The number of nitriles is 1. The molecule has 5 heterocycles. The van der Waals surface area contributed by atoms with Gasteiger partial charge in [-0.05, 0) is 49.9 Å². The highest BCUT2D eigenvalue weighted by Gasteiger charge is 2.49. The maximum absolute atomic E-state index is 16.9. The molecule has 2 aromatic heterocycles. The highest BCUT2D eigenvalue weighted by molar-refractivity contribution is 7.23. The molecule has 3 N–H and O–H groups in total. The zero-order valence-electron chi connectivity index (χ0n) is 24.3. The number of thiophene rings is 1. The maximum atomic E-state index is 16.9. The van der Waals surface area contributed by atoms with E-state index in [4.69, 9.17) is 10.5 Å². The lowest BCUT2D eigenvalue weighted by Crippen LogP contribution is -2.43. The van der Waals surface area contributed by atoms with Crippen molar-refractivity contribution >= 4 is 43.1 Å². The Balaban J connectivity index is 1.46. The number of halogens is 6. The second-order valence-electron chi connectivity index (χ2n) is 12.2. The van der Waals surface area contributed by atoms with Crippen molar-refractivity contribution in [3.8, 4) is 23.2 Å². The highest BCUT2D eigenvalue weighted by atomic mass is 32.1. The normalized spacial score (nSPS) is 23.7. The van der Waals surface area contributed by atoms with E-state index in [1.807, 2.05) is 11.0 Å². The van der Waals surface area contributed by atoms with Gasteiger partial charge in [-0.1, -0.05) is 6.07 Å². The van der Waals surface area contributed by atoms with Crippen LogP contribution in [0, 0.1) is 23.0 Å². The fourth-order valence-electron chi connectivity index (χ4n) is 7.29. The first-order chi connectivity index (χ1) is 21.9. The number of nitrogens with zero attached hydrogens (tertiary/aromatic N) is 5. The second kappa shape index (κ2) is 11.1. The molecule has 7 rings (SSSR count). The molecular weight excluding hydrogens is 634 g/mol. The first-order valence-electron chi connectivity index (χ1n) is 14.9. The number of alkyl halides is 4. The zero-order chi connectivity index (χ0) is 32.5. The van der Waals surface area contributed by atoms with Crippen LogP contribution in [0.15, 0.2) is 18.2 Å². The molecule has 46 heavy (non-hydrogen) atoms. The number of fused-ring (bicyclic) bond motifs is 3. The molecule has 3 atom stereocenters. The summed E-state index contributed by atoms with van der Waals surface area (Å²) in [6.45, 7) is 1.32. The quantitative estimate of drug-likeness (QED) is 0.244. The Morgan fingerprint density at radius 3 is 2.72 bits per heavy atom. The van der Waals surface area contributed by atoms with Gasteiger partial charge >= 0.3 is 12.2 Å². The number of aliphatic hydroxyl groups excluding tert-OH is 1. The number of piperidine rings is 1. The Bertz CT molecular complexity index is 1910. The van der Waals surface area contributed by atoms with Crippen LogP contribution in [0.4, 0.5) is 37.2 Å². The van der Waals surface area contributed by atoms with Gasteiger partial charge in [-0.3, -0.25) is 4.90 Å². The predicted molar refractivity (Wildman–Crippen MR) is 160 cm³/mol. The number of anilines is 2. The maximum Gasteiger partial charge on any atom is 0.417 e. The van der Waals surface area contributed by atoms with Crippen molar-refractivity contribution in [2.24, 2.45) is 0 Å². The van der Waals surface area contributed by atoms with E-state index in [1.165, 1.54) is 0 Å². The molecule has 3 aliphatic rings. The van der Waals surface area contributed by atoms with Gasteiger partial charge in [0, 0.05) is 42.4 Å². The Labute approximate surface area is 263 Å². The minimum absolute atomic E-state index is 0.00556. The van der Waals surface area contributed by atoms with E-state index in [0.29, 0.717) is 43.7 Å². The largest absolute Gasteiger partial charge is 0.461 e. The molecule has 0 saturated carbocycles. The first kappa shape index (κ1) is 30.8. The fourth-order valence-corrected chi connectivity index (χ4v) is 8.24. The summed E-state index contributed by atoms with van der Waals surface area (Å²) in [7, 11) is 0. The van der Waals surface area contributed by atoms with Crippen LogP contribution in [0.2, 0.25) is 0 Å². The van der Waals surface area contributed by atoms with Gasteiger partial charge in [-0.15, -0.1) is 11.3 Å². The van der Waals surface area contributed by atoms with Crippen LogP contribution in [-0.4, -0.2) is 70.6 Å². The standard InChI is InChI=1S/C31H28F6N6O2S/c32-15-10-30(6-2-8-43(30)12-15)14-45-29-40-25-18(28(41-29)42-7-1-3-16(44)13-42)9-20(31(35,36)37)23(24(25)34)17-4-5-21(33)26-22(17)19(11-38)27(39)46-26/h4-5,9,15-16,44H,1-3,6-8,10,12-14,39H2/t15-,16-,30+/m1/s1. The van der Waals surface area contributed by atoms with Crippen LogP contribution in [0.5, 0.6) is 6.01 Å². The number of β-amino-alcohol motifs (C(OH)–C–C–N with tert-alkyl or cyclic N) is 1. The minimum atomic E-state index is -5.09. The van der Waals surface area contributed by atoms with Crippen molar-refractivity contribution in [1.29, 1.82) is 5.26 Å². The summed E-state index contributed by atoms with van der Waals surface area (Å²) < 4.78 is 96.3. The van der Waals surface area contributed by atoms with Gasteiger partial charge in [0.05, 0.1) is 27.5 Å². The molecule has 0 aliphatic carbocycles. The Kier molecular flexibility index (Phi) is 7.45. The van der Waals surface area contributed by atoms with Gasteiger partial charge in [-0.2, -0.15) is 28.4 Å². The smallest absolute Gasteiger partial charge is 0.417 e. The Hall–Kier alpha value is -3.87. The Morgan fingerprint density at radius 1 is 1.17 bits per heavy atom. The van der Waals surface area contributed by atoms with Gasteiger partial charge in [0.1, 0.15) is 41.0 Å². The SMILES string of the molecule is N#Cc1c(N)sc2c(F)ccc(-c3c(C(F)(F)F)cc4c(N5CCC[C@@H](O)C5)nc(OC[C@@]56CCCN5C[C@H](F)C6)nc4c3F)c12. The van der Waals surface area contributed by atoms with Gasteiger partial charge in [0.25, 0.3) is 0 Å². The number of hydrogen-bond acceptors (Lipinski definition) is 9. The summed E-state index contributed by atoms with van der Waals surface area (Å²) in [6.07, 6.45) is -4.18. The van der Waals surface area contributed by atoms with Crippen LogP contribution < -0.4 is 15.4 Å². The third-order valence-electron chi connectivity index (χ3n) is 9.32. The summed E-state index contributed by atoms with van der Waals surface area (Å²) in [5, 5.41) is 19.5. The molecular formula is C31H28F6N6O2S. The summed E-state index contributed by atoms with van der Waals surface area (Å²) in [6, 6.07) is 4.14. The van der Waals surface area contributed by atoms with Crippen molar-refractivity contribution in [2.75, 3.05) is 43.4 Å². The number of nitrogens with two attached hydrogens (primary N) is 1. The highest BCUT2D eigenvalue weighted by Crippen LogP contribution is 2.48. The molecule has 0 unspecified atom stereocenters. The molecule has 0 radical (unpaired) electrons. The van der Waals surface area contributed by atoms with Gasteiger partial charge in [0.2, 0.25) is 0 Å². The van der Waals surface area contributed by atoms with Crippen molar-refractivity contribution in [3.05, 3.63) is 41.0 Å². The van der Waals surface area contributed by atoms with Gasteiger partial charge < -0.3 is 20.5 Å². The van der Waals surface area contributed by atoms with Crippen LogP contribution in [0.3, 0.4) is 0 Å². The van der Waals surface area contributed by atoms with Crippen LogP contribution >= 0.6 is 11.3 Å². The predicted octanol–water partition coefficient (Wildman–Crippen LogP) is 6.18. The molecule has 2 aromatic carbocycles. The second-order valence-corrected chi connectivity index (χ2v) is 13.2. The molecule has 242 valence electrons. The Morgan fingerprint density at radius 2 is 1.98 bits per heavy atom. The van der Waals surface area contributed by atoms with E-state index < -0.39 is 52.3 Å². The van der Waals surface area contributed by atoms with Gasteiger partial charge in [0.15, 0.2) is 5.82 Å².